The number of carbonyl (C=O) groups is 1. The summed E-state index contributed by atoms with van der Waals surface area (Å²) in [6.45, 7) is 4.19. The minimum atomic E-state index is -0.482. The minimum Gasteiger partial charge on any atom is -0.505 e. The number of hydrogen-bond acceptors (Lipinski definition) is 6. The summed E-state index contributed by atoms with van der Waals surface area (Å²) in [7, 11) is 1.67. The normalized spacial score (nSPS) is 17.2. The molecule has 1 N–H and O–H groups in total. The lowest BCUT2D eigenvalue weighted by Gasteiger charge is -2.28. The van der Waals surface area contributed by atoms with Crippen LogP contribution in [0.1, 0.15) is 21.7 Å². The first kappa shape index (κ1) is 20.7. The number of aromatic nitrogens is 3. The standard InChI is InChI=1S/C22H24FN5O4/c1-25-6-7-27-18-16(13-26-8-10-32-11-9-26)24-28(12-14-2-4-15(23)5-3-14)21(30)17(18)20(29)19(27)22(25)31/h2-5,29H,6-13H2,1H3. The first-order valence-corrected chi connectivity index (χ1v) is 10.6. The van der Waals surface area contributed by atoms with E-state index in [1.54, 1.807) is 23.7 Å². The summed E-state index contributed by atoms with van der Waals surface area (Å²) in [5.41, 5.74) is 1.46. The number of nitrogens with zero attached hydrogens (tertiary/aromatic N) is 5. The number of ether oxygens (including phenoxy) is 1. The predicted octanol–water partition coefficient (Wildman–Crippen LogP) is 1.01. The molecule has 1 saturated heterocycles. The number of carbonyl (C=O) groups excluding carboxylic acids is 1. The van der Waals surface area contributed by atoms with Gasteiger partial charge in [-0.25, -0.2) is 9.07 Å². The Bertz CT molecular complexity index is 1240. The van der Waals surface area contributed by atoms with E-state index in [1.165, 1.54) is 21.7 Å². The van der Waals surface area contributed by atoms with E-state index in [1.807, 2.05) is 0 Å². The molecular formula is C22H24FN5O4. The highest BCUT2D eigenvalue weighted by Crippen LogP contribution is 2.34. The zero-order valence-electron chi connectivity index (χ0n) is 17.8. The van der Waals surface area contributed by atoms with E-state index in [2.05, 4.69) is 10.00 Å². The van der Waals surface area contributed by atoms with Gasteiger partial charge in [0.15, 0.2) is 11.4 Å². The van der Waals surface area contributed by atoms with Gasteiger partial charge in [-0.05, 0) is 17.7 Å². The molecule has 2 aliphatic rings. The van der Waals surface area contributed by atoms with Gasteiger partial charge in [0.05, 0.1) is 31.0 Å². The average molecular weight is 441 g/mol. The quantitative estimate of drug-likeness (QED) is 0.650. The van der Waals surface area contributed by atoms with Gasteiger partial charge in [-0.1, -0.05) is 12.1 Å². The Balaban J connectivity index is 1.69. The second-order valence-corrected chi connectivity index (χ2v) is 8.22. The van der Waals surface area contributed by atoms with E-state index in [9.17, 15) is 19.1 Å². The third-order valence-corrected chi connectivity index (χ3v) is 6.13. The second-order valence-electron chi connectivity index (χ2n) is 8.22. The van der Waals surface area contributed by atoms with E-state index < -0.39 is 5.56 Å². The summed E-state index contributed by atoms with van der Waals surface area (Å²) in [6.07, 6.45) is 0. The molecule has 168 valence electrons. The number of morpholine rings is 1. The third-order valence-electron chi connectivity index (χ3n) is 6.13. The minimum absolute atomic E-state index is 0.101. The van der Waals surface area contributed by atoms with Gasteiger partial charge in [0.25, 0.3) is 11.5 Å². The average Bonchev–Trinajstić information content (AvgIpc) is 3.09. The molecule has 4 heterocycles. The fourth-order valence-corrected chi connectivity index (χ4v) is 4.40. The molecule has 0 radical (unpaired) electrons. The summed E-state index contributed by atoms with van der Waals surface area (Å²) < 4.78 is 21.8. The molecular weight excluding hydrogens is 417 g/mol. The Labute approximate surface area is 183 Å². The summed E-state index contributed by atoms with van der Waals surface area (Å²) in [6, 6.07) is 5.85. The molecule has 2 aliphatic heterocycles. The smallest absolute Gasteiger partial charge is 0.280 e. The summed E-state index contributed by atoms with van der Waals surface area (Å²) in [5.74, 6) is -0.996. The van der Waals surface area contributed by atoms with Gasteiger partial charge >= 0.3 is 0 Å². The van der Waals surface area contributed by atoms with Gasteiger partial charge in [-0.3, -0.25) is 14.5 Å². The number of halogens is 1. The maximum Gasteiger partial charge on any atom is 0.280 e. The van der Waals surface area contributed by atoms with E-state index in [4.69, 9.17) is 4.74 Å². The first-order valence-electron chi connectivity index (χ1n) is 10.6. The molecule has 0 atom stereocenters. The van der Waals surface area contributed by atoms with Crippen molar-refractivity contribution in [1.29, 1.82) is 0 Å². The zero-order chi connectivity index (χ0) is 22.4. The lowest BCUT2D eigenvalue weighted by atomic mass is 10.2. The number of hydrogen-bond donors (Lipinski definition) is 1. The van der Waals surface area contributed by atoms with Crippen molar-refractivity contribution in [2.24, 2.45) is 0 Å². The molecule has 1 aromatic carbocycles. The lowest BCUT2D eigenvalue weighted by Crippen LogP contribution is -2.38. The van der Waals surface area contributed by atoms with Crippen LogP contribution in [0.4, 0.5) is 4.39 Å². The number of amides is 1. The van der Waals surface area contributed by atoms with Crippen LogP contribution in [-0.2, 0) is 24.4 Å². The molecule has 2 aromatic heterocycles. The van der Waals surface area contributed by atoms with Crippen molar-refractivity contribution in [3.8, 4) is 5.75 Å². The molecule has 1 amide bonds. The van der Waals surface area contributed by atoms with Crippen molar-refractivity contribution in [3.05, 3.63) is 57.4 Å². The van der Waals surface area contributed by atoms with E-state index in [0.717, 1.165) is 13.1 Å². The van der Waals surface area contributed by atoms with E-state index in [0.29, 0.717) is 49.6 Å². The van der Waals surface area contributed by atoms with Crippen LogP contribution >= 0.6 is 0 Å². The Morgan fingerprint density at radius 2 is 1.78 bits per heavy atom. The number of rotatable bonds is 4. The Kier molecular flexibility index (Phi) is 5.18. The lowest BCUT2D eigenvalue weighted by molar-refractivity contribution is 0.0336. The molecule has 32 heavy (non-hydrogen) atoms. The highest BCUT2D eigenvalue weighted by molar-refractivity contribution is 6.04. The number of likely N-dealkylation sites (N-methyl/N-ethyl adjacent to an activating group) is 1. The molecule has 0 unspecified atom stereocenters. The molecule has 0 aliphatic carbocycles. The summed E-state index contributed by atoms with van der Waals surface area (Å²) in [5, 5.41) is 15.7. The second kappa shape index (κ2) is 8.03. The molecule has 0 bridgehead atoms. The fourth-order valence-electron chi connectivity index (χ4n) is 4.40. The molecule has 5 rings (SSSR count). The largest absolute Gasteiger partial charge is 0.505 e. The van der Waals surface area contributed by atoms with E-state index >= 15 is 0 Å². The number of benzene rings is 1. The monoisotopic (exact) mass is 441 g/mol. The van der Waals surface area contributed by atoms with Crippen LogP contribution in [0.25, 0.3) is 10.9 Å². The molecule has 10 heteroatoms. The van der Waals surface area contributed by atoms with Gasteiger partial charge < -0.3 is 19.3 Å². The van der Waals surface area contributed by atoms with Crippen molar-refractivity contribution in [3.63, 3.8) is 0 Å². The van der Waals surface area contributed by atoms with Crippen LogP contribution in [0.5, 0.6) is 5.75 Å². The maximum absolute atomic E-state index is 13.4. The van der Waals surface area contributed by atoms with Gasteiger partial charge in [-0.2, -0.15) is 5.10 Å². The van der Waals surface area contributed by atoms with Gasteiger partial charge in [-0.15, -0.1) is 0 Å². The van der Waals surface area contributed by atoms with Crippen LogP contribution in [0.15, 0.2) is 29.1 Å². The fraction of sp³-hybridized carbons (Fsp3) is 0.409. The Morgan fingerprint density at radius 3 is 2.50 bits per heavy atom. The molecule has 0 spiro atoms. The Morgan fingerprint density at radius 1 is 1.06 bits per heavy atom. The van der Waals surface area contributed by atoms with Crippen molar-refractivity contribution in [1.82, 2.24) is 24.1 Å². The molecule has 9 nitrogen and oxygen atoms in total. The van der Waals surface area contributed by atoms with Gasteiger partial charge in [0.1, 0.15) is 11.2 Å². The SMILES string of the molecule is CN1CCn2c(c(O)c3c(=O)n(Cc4ccc(F)cc4)nc(CN4CCOCC4)c32)C1=O. The molecule has 0 saturated carbocycles. The van der Waals surface area contributed by atoms with E-state index in [-0.39, 0.29) is 35.1 Å². The van der Waals surface area contributed by atoms with Crippen LogP contribution in [-0.4, -0.2) is 75.1 Å². The zero-order valence-corrected chi connectivity index (χ0v) is 17.8. The van der Waals surface area contributed by atoms with Gasteiger partial charge in [0.2, 0.25) is 0 Å². The van der Waals surface area contributed by atoms with Crippen LogP contribution < -0.4 is 5.56 Å². The topological polar surface area (TPSA) is 92.8 Å². The number of fused-ring (bicyclic) bond motifs is 3. The first-order chi connectivity index (χ1) is 15.4. The summed E-state index contributed by atoms with van der Waals surface area (Å²) >= 11 is 0. The number of aromatic hydroxyl groups is 1. The predicted molar refractivity (Wildman–Crippen MR) is 114 cm³/mol. The summed E-state index contributed by atoms with van der Waals surface area (Å²) in [4.78, 5) is 29.8. The molecule has 1 fully saturated rings. The van der Waals surface area contributed by atoms with Crippen LogP contribution in [0.3, 0.4) is 0 Å². The third kappa shape index (κ3) is 3.45. The van der Waals surface area contributed by atoms with Crippen LogP contribution in [0, 0.1) is 5.82 Å². The van der Waals surface area contributed by atoms with Crippen molar-refractivity contribution in [2.45, 2.75) is 19.6 Å². The van der Waals surface area contributed by atoms with Crippen molar-refractivity contribution in [2.75, 3.05) is 39.9 Å². The van der Waals surface area contributed by atoms with Crippen molar-refractivity contribution < 1.29 is 19.0 Å². The molecule has 3 aromatic rings. The maximum atomic E-state index is 13.4. The van der Waals surface area contributed by atoms with Gasteiger partial charge in [0, 0.05) is 39.8 Å². The Hall–Kier alpha value is -3.24. The van der Waals surface area contributed by atoms with Crippen LogP contribution in [0.2, 0.25) is 0 Å². The highest BCUT2D eigenvalue weighted by Gasteiger charge is 2.33. The van der Waals surface area contributed by atoms with Crippen molar-refractivity contribution >= 4 is 16.8 Å². The highest BCUT2D eigenvalue weighted by atomic mass is 19.1.